The number of ether oxygens (including phenoxy) is 1. The Morgan fingerprint density at radius 3 is 2.31 bits per heavy atom. The Hall–Kier alpha value is -2.25. The summed E-state index contributed by atoms with van der Waals surface area (Å²) in [6.07, 6.45) is 1.05. The first-order valence-electron chi connectivity index (χ1n) is 7.84. The molecule has 0 aliphatic carbocycles. The first kappa shape index (κ1) is 20.1. The van der Waals surface area contributed by atoms with Gasteiger partial charge in [-0.15, -0.1) is 0 Å². The van der Waals surface area contributed by atoms with E-state index in [1.165, 1.54) is 13.0 Å². The highest BCUT2D eigenvalue weighted by molar-refractivity contribution is 7.92. The number of nitrogens with one attached hydrogen (secondary N) is 1. The number of rotatable bonds is 6. The molecule has 0 saturated carbocycles. The van der Waals surface area contributed by atoms with E-state index in [0.29, 0.717) is 22.1 Å². The van der Waals surface area contributed by atoms with E-state index < -0.39 is 22.0 Å². The number of benzene rings is 2. The van der Waals surface area contributed by atoms with Gasteiger partial charge in [-0.2, -0.15) is 0 Å². The lowest BCUT2D eigenvalue weighted by Gasteiger charge is -2.28. The van der Waals surface area contributed by atoms with E-state index in [4.69, 9.17) is 16.3 Å². The van der Waals surface area contributed by atoms with Crippen LogP contribution in [-0.4, -0.2) is 33.7 Å². The quantitative estimate of drug-likeness (QED) is 0.811. The van der Waals surface area contributed by atoms with E-state index in [2.05, 4.69) is 5.32 Å². The van der Waals surface area contributed by atoms with Crippen molar-refractivity contribution in [1.82, 2.24) is 0 Å². The van der Waals surface area contributed by atoms with Gasteiger partial charge in [0.2, 0.25) is 15.9 Å². The van der Waals surface area contributed by atoms with Gasteiger partial charge >= 0.3 is 0 Å². The predicted molar refractivity (Wildman–Crippen MR) is 105 cm³/mol. The minimum Gasteiger partial charge on any atom is -0.497 e. The van der Waals surface area contributed by atoms with Gasteiger partial charge in [-0.1, -0.05) is 17.7 Å². The average Bonchev–Trinajstić information content (AvgIpc) is 2.57. The van der Waals surface area contributed by atoms with Gasteiger partial charge in [-0.25, -0.2) is 8.42 Å². The maximum absolute atomic E-state index is 12.6. The van der Waals surface area contributed by atoms with Crippen molar-refractivity contribution >= 4 is 38.9 Å². The van der Waals surface area contributed by atoms with Gasteiger partial charge in [0.1, 0.15) is 11.8 Å². The number of nitrogens with zero attached hydrogens (tertiary/aromatic N) is 1. The first-order chi connectivity index (χ1) is 12.1. The Bertz CT molecular complexity index is 898. The van der Waals surface area contributed by atoms with E-state index in [1.54, 1.807) is 43.5 Å². The van der Waals surface area contributed by atoms with Crippen molar-refractivity contribution < 1.29 is 17.9 Å². The number of hydrogen-bond donors (Lipinski definition) is 1. The highest BCUT2D eigenvalue weighted by atomic mass is 35.5. The summed E-state index contributed by atoms with van der Waals surface area (Å²) in [6, 6.07) is 10.7. The number of halogens is 1. The molecule has 0 heterocycles. The van der Waals surface area contributed by atoms with Crippen molar-refractivity contribution in [2.45, 2.75) is 19.9 Å². The van der Waals surface area contributed by atoms with Crippen LogP contribution in [0.5, 0.6) is 5.75 Å². The van der Waals surface area contributed by atoms with Gasteiger partial charge in [0, 0.05) is 10.7 Å². The Morgan fingerprint density at radius 2 is 1.81 bits per heavy atom. The van der Waals surface area contributed by atoms with Crippen LogP contribution in [0.4, 0.5) is 11.4 Å². The Morgan fingerprint density at radius 1 is 1.19 bits per heavy atom. The smallest absolute Gasteiger partial charge is 0.247 e. The van der Waals surface area contributed by atoms with Crippen molar-refractivity contribution in [3.63, 3.8) is 0 Å². The maximum atomic E-state index is 12.6. The zero-order valence-electron chi connectivity index (χ0n) is 15.0. The second kappa shape index (κ2) is 7.97. The van der Waals surface area contributed by atoms with E-state index in [1.807, 2.05) is 6.92 Å². The van der Waals surface area contributed by atoms with Crippen molar-refractivity contribution in [1.29, 1.82) is 0 Å². The summed E-state index contributed by atoms with van der Waals surface area (Å²) < 4.78 is 30.7. The van der Waals surface area contributed by atoms with Crippen molar-refractivity contribution in [2.24, 2.45) is 0 Å². The van der Waals surface area contributed by atoms with Crippen LogP contribution in [0.3, 0.4) is 0 Å². The standard InChI is InChI=1S/C18H21ClN2O4S/c1-12-5-8-15(11-17(12)19)21(26(4,23)24)13(2)18(22)20-14-6-9-16(25-3)10-7-14/h5-11,13H,1-4H3,(H,20,22)/t13-/m0/s1. The van der Waals surface area contributed by atoms with Crippen LogP contribution < -0.4 is 14.4 Å². The van der Waals surface area contributed by atoms with Crippen LogP contribution in [0, 0.1) is 6.92 Å². The summed E-state index contributed by atoms with van der Waals surface area (Å²) >= 11 is 6.12. The molecule has 1 N–H and O–H groups in total. The van der Waals surface area contributed by atoms with Gasteiger partial charge in [-0.05, 0) is 55.8 Å². The highest BCUT2D eigenvalue weighted by Gasteiger charge is 2.29. The Labute approximate surface area is 158 Å². The molecule has 1 atom stereocenters. The minimum atomic E-state index is -3.70. The fourth-order valence-electron chi connectivity index (χ4n) is 2.45. The molecule has 140 valence electrons. The normalized spacial score (nSPS) is 12.3. The van der Waals surface area contributed by atoms with Gasteiger partial charge in [0.25, 0.3) is 0 Å². The summed E-state index contributed by atoms with van der Waals surface area (Å²) in [5.74, 6) is 0.195. The van der Waals surface area contributed by atoms with Crippen molar-refractivity contribution in [2.75, 3.05) is 23.0 Å². The fraction of sp³-hybridized carbons (Fsp3) is 0.278. The van der Waals surface area contributed by atoms with E-state index in [-0.39, 0.29) is 0 Å². The molecule has 2 rings (SSSR count). The largest absolute Gasteiger partial charge is 0.497 e. The number of methoxy groups -OCH3 is 1. The molecule has 6 nitrogen and oxygen atoms in total. The van der Waals surface area contributed by atoms with E-state index >= 15 is 0 Å². The van der Waals surface area contributed by atoms with Crippen LogP contribution >= 0.6 is 11.6 Å². The second-order valence-corrected chi connectivity index (χ2v) is 8.15. The monoisotopic (exact) mass is 396 g/mol. The SMILES string of the molecule is COc1ccc(NC(=O)[C@H](C)N(c2ccc(C)c(Cl)c2)S(C)(=O)=O)cc1. The fourth-order valence-corrected chi connectivity index (χ4v) is 3.79. The van der Waals surface area contributed by atoms with Crippen LogP contribution in [0.15, 0.2) is 42.5 Å². The molecule has 0 bridgehead atoms. The number of aryl methyl sites for hydroxylation is 1. The van der Waals surface area contributed by atoms with E-state index in [9.17, 15) is 13.2 Å². The predicted octanol–water partition coefficient (Wildman–Crippen LogP) is 3.45. The van der Waals surface area contributed by atoms with E-state index in [0.717, 1.165) is 16.1 Å². The van der Waals surface area contributed by atoms with Gasteiger partial charge < -0.3 is 10.1 Å². The molecule has 8 heteroatoms. The summed E-state index contributed by atoms with van der Waals surface area (Å²) in [5.41, 5.74) is 1.69. The molecule has 0 fully saturated rings. The highest BCUT2D eigenvalue weighted by Crippen LogP contribution is 2.27. The molecule has 0 aliphatic rings. The number of carbonyl (C=O) groups is 1. The summed E-state index contributed by atoms with van der Waals surface area (Å²) in [7, 11) is -2.15. The molecule has 0 aromatic heterocycles. The third kappa shape index (κ3) is 4.68. The molecule has 0 aliphatic heterocycles. The zero-order valence-corrected chi connectivity index (χ0v) is 16.6. The lowest BCUT2D eigenvalue weighted by Crippen LogP contribution is -2.45. The van der Waals surface area contributed by atoms with Crippen molar-refractivity contribution in [3.05, 3.63) is 53.1 Å². The summed E-state index contributed by atoms with van der Waals surface area (Å²) in [6.45, 7) is 3.34. The number of hydrogen-bond acceptors (Lipinski definition) is 4. The average molecular weight is 397 g/mol. The van der Waals surface area contributed by atoms with Crippen LogP contribution in [0.2, 0.25) is 5.02 Å². The molecule has 2 aromatic carbocycles. The third-order valence-electron chi connectivity index (χ3n) is 3.86. The second-order valence-electron chi connectivity index (χ2n) is 5.89. The van der Waals surface area contributed by atoms with Gasteiger partial charge in [0.15, 0.2) is 0 Å². The number of sulfonamides is 1. The lowest BCUT2D eigenvalue weighted by molar-refractivity contribution is -0.116. The molecule has 0 unspecified atom stereocenters. The molecular formula is C18H21ClN2O4S. The topological polar surface area (TPSA) is 75.7 Å². The Balaban J connectivity index is 2.29. The van der Waals surface area contributed by atoms with Crippen molar-refractivity contribution in [3.8, 4) is 5.75 Å². The molecule has 26 heavy (non-hydrogen) atoms. The first-order valence-corrected chi connectivity index (χ1v) is 10.1. The third-order valence-corrected chi connectivity index (χ3v) is 5.50. The molecule has 0 spiro atoms. The molecule has 0 radical (unpaired) electrons. The van der Waals surface area contributed by atoms with Crippen LogP contribution in [-0.2, 0) is 14.8 Å². The molecule has 0 saturated heterocycles. The van der Waals surface area contributed by atoms with Crippen LogP contribution in [0.1, 0.15) is 12.5 Å². The van der Waals surface area contributed by atoms with Gasteiger partial charge in [-0.3, -0.25) is 9.10 Å². The molecule has 2 aromatic rings. The number of carbonyl (C=O) groups excluding carboxylic acids is 1. The minimum absolute atomic E-state index is 0.334. The number of anilines is 2. The lowest BCUT2D eigenvalue weighted by atomic mass is 10.2. The summed E-state index contributed by atoms with van der Waals surface area (Å²) in [5, 5.41) is 3.14. The molecule has 1 amide bonds. The van der Waals surface area contributed by atoms with Crippen LogP contribution in [0.25, 0.3) is 0 Å². The zero-order chi connectivity index (χ0) is 19.5. The van der Waals surface area contributed by atoms with Gasteiger partial charge in [0.05, 0.1) is 19.1 Å². The number of amides is 1. The summed E-state index contributed by atoms with van der Waals surface area (Å²) in [4.78, 5) is 12.6. The maximum Gasteiger partial charge on any atom is 0.247 e. The Kier molecular flexibility index (Phi) is 6.15. The molecular weight excluding hydrogens is 376 g/mol.